The summed E-state index contributed by atoms with van der Waals surface area (Å²) in [6.45, 7) is 0. The van der Waals surface area contributed by atoms with Crippen molar-refractivity contribution in [3.63, 3.8) is 0 Å². The predicted molar refractivity (Wildman–Crippen MR) is 70.6 cm³/mol. The van der Waals surface area contributed by atoms with Gasteiger partial charge in [-0.1, -0.05) is 24.3 Å². The van der Waals surface area contributed by atoms with E-state index in [1.54, 1.807) is 24.3 Å². The minimum Gasteiger partial charge on any atom is -0.508 e. The minimum atomic E-state index is 0.0446. The Balaban J connectivity index is 2.05. The van der Waals surface area contributed by atoms with Crippen LogP contribution in [0.4, 0.5) is 0 Å². The molecule has 3 nitrogen and oxygen atoms in total. The molecule has 0 aromatic heterocycles. The van der Waals surface area contributed by atoms with Crippen molar-refractivity contribution in [2.45, 2.75) is 6.42 Å². The average molecular weight is 242 g/mol. The molecule has 0 bridgehead atoms. The number of aromatic hydroxyl groups is 3. The van der Waals surface area contributed by atoms with Crippen LogP contribution in [0.1, 0.15) is 11.1 Å². The van der Waals surface area contributed by atoms with Gasteiger partial charge in [0.15, 0.2) is 0 Å². The highest BCUT2D eigenvalue weighted by molar-refractivity contribution is 5.58. The molecule has 0 saturated carbocycles. The molecule has 0 amide bonds. The van der Waals surface area contributed by atoms with Crippen molar-refractivity contribution in [2.75, 3.05) is 0 Å². The summed E-state index contributed by atoms with van der Waals surface area (Å²) >= 11 is 0. The van der Waals surface area contributed by atoms with E-state index in [2.05, 4.69) is 0 Å². The Hall–Kier alpha value is -2.42. The van der Waals surface area contributed by atoms with Crippen LogP contribution in [0.15, 0.2) is 48.5 Å². The van der Waals surface area contributed by atoms with Gasteiger partial charge in [0, 0.05) is 11.6 Å². The van der Waals surface area contributed by atoms with Crippen molar-refractivity contribution in [3.05, 3.63) is 59.7 Å². The van der Waals surface area contributed by atoms with Gasteiger partial charge >= 0.3 is 0 Å². The topological polar surface area (TPSA) is 60.7 Å². The molecule has 92 valence electrons. The van der Waals surface area contributed by atoms with Crippen LogP contribution in [-0.4, -0.2) is 15.3 Å². The number of allylic oxidation sites excluding steroid dienone is 1. The first kappa shape index (κ1) is 12.0. The number of phenols is 3. The lowest BCUT2D eigenvalue weighted by molar-refractivity contribution is 0.450. The van der Waals surface area contributed by atoms with Gasteiger partial charge in [0.1, 0.15) is 17.2 Å². The molecule has 3 N–H and O–H groups in total. The highest BCUT2D eigenvalue weighted by Crippen LogP contribution is 2.23. The summed E-state index contributed by atoms with van der Waals surface area (Å²) in [4.78, 5) is 0. The summed E-state index contributed by atoms with van der Waals surface area (Å²) < 4.78 is 0. The molecule has 0 aliphatic rings. The van der Waals surface area contributed by atoms with E-state index in [-0.39, 0.29) is 17.2 Å². The molecule has 0 heterocycles. The summed E-state index contributed by atoms with van der Waals surface area (Å²) in [6.07, 6.45) is 4.42. The second-order valence-corrected chi connectivity index (χ2v) is 4.02. The van der Waals surface area contributed by atoms with Crippen LogP contribution in [0.3, 0.4) is 0 Å². The van der Waals surface area contributed by atoms with E-state index in [1.165, 1.54) is 12.1 Å². The first-order valence-corrected chi connectivity index (χ1v) is 5.61. The molecular weight excluding hydrogens is 228 g/mol. The number of hydrogen-bond donors (Lipinski definition) is 3. The summed E-state index contributed by atoms with van der Waals surface area (Å²) in [5.74, 6) is 0.346. The van der Waals surface area contributed by atoms with Crippen molar-refractivity contribution in [2.24, 2.45) is 0 Å². The Bertz CT molecular complexity index is 556. The summed E-state index contributed by atoms with van der Waals surface area (Å²) in [5, 5.41) is 27.9. The summed E-state index contributed by atoms with van der Waals surface area (Å²) in [7, 11) is 0. The van der Waals surface area contributed by atoms with Gasteiger partial charge < -0.3 is 15.3 Å². The molecular formula is C15H14O3. The predicted octanol–water partition coefficient (Wildman–Crippen LogP) is 3.06. The van der Waals surface area contributed by atoms with Crippen LogP contribution in [0, 0.1) is 0 Å². The molecule has 2 aromatic rings. The van der Waals surface area contributed by atoms with Gasteiger partial charge in [-0.25, -0.2) is 0 Å². The molecule has 18 heavy (non-hydrogen) atoms. The fraction of sp³-hybridized carbons (Fsp3) is 0.0667. The lowest BCUT2D eigenvalue weighted by Gasteiger charge is -2.00. The second-order valence-electron chi connectivity index (χ2n) is 4.02. The zero-order chi connectivity index (χ0) is 13.0. The monoisotopic (exact) mass is 242 g/mol. The SMILES string of the molecule is Oc1ccc(CC=Cc2ccc(O)cc2O)cc1. The lowest BCUT2D eigenvalue weighted by atomic mass is 10.1. The third-order valence-electron chi connectivity index (χ3n) is 2.60. The first-order chi connectivity index (χ1) is 8.65. The number of hydrogen-bond acceptors (Lipinski definition) is 3. The maximum atomic E-state index is 9.58. The highest BCUT2D eigenvalue weighted by atomic mass is 16.3. The van der Waals surface area contributed by atoms with Crippen LogP contribution < -0.4 is 0 Å². The van der Waals surface area contributed by atoms with Crippen LogP contribution in [0.2, 0.25) is 0 Å². The van der Waals surface area contributed by atoms with Gasteiger partial charge in [-0.3, -0.25) is 0 Å². The van der Waals surface area contributed by atoms with Crippen molar-refractivity contribution < 1.29 is 15.3 Å². The van der Waals surface area contributed by atoms with Crippen molar-refractivity contribution >= 4 is 6.08 Å². The van der Waals surface area contributed by atoms with Gasteiger partial charge in [0.05, 0.1) is 0 Å². The zero-order valence-electron chi connectivity index (χ0n) is 9.74. The quantitative estimate of drug-likeness (QED) is 0.775. The Morgan fingerprint density at radius 3 is 2.17 bits per heavy atom. The molecule has 0 saturated heterocycles. The molecule has 0 fully saturated rings. The van der Waals surface area contributed by atoms with E-state index < -0.39 is 0 Å². The normalized spacial score (nSPS) is 10.9. The van der Waals surface area contributed by atoms with E-state index in [1.807, 2.05) is 18.2 Å². The summed E-state index contributed by atoms with van der Waals surface area (Å²) in [6, 6.07) is 11.5. The third kappa shape index (κ3) is 3.04. The molecule has 2 rings (SSSR count). The molecule has 2 aromatic carbocycles. The highest BCUT2D eigenvalue weighted by Gasteiger charge is 1.98. The number of phenolic OH excluding ortho intramolecular Hbond substituents is 3. The average Bonchev–Trinajstić information content (AvgIpc) is 2.34. The van der Waals surface area contributed by atoms with Crippen molar-refractivity contribution in [3.8, 4) is 17.2 Å². The standard InChI is InChI=1S/C15H14O3/c16-13-7-4-11(5-8-13)2-1-3-12-6-9-14(17)10-15(12)18/h1,3-10,16-18H,2H2. The maximum absolute atomic E-state index is 9.58. The Labute approximate surface area is 105 Å². The fourth-order valence-corrected chi connectivity index (χ4v) is 1.63. The van der Waals surface area contributed by atoms with Gasteiger partial charge in [0.2, 0.25) is 0 Å². The van der Waals surface area contributed by atoms with Gasteiger partial charge in [-0.05, 0) is 36.2 Å². The Kier molecular flexibility index (Phi) is 3.53. The minimum absolute atomic E-state index is 0.0446. The Morgan fingerprint density at radius 1 is 0.833 bits per heavy atom. The summed E-state index contributed by atoms with van der Waals surface area (Å²) in [5.41, 5.74) is 1.73. The fourth-order valence-electron chi connectivity index (χ4n) is 1.63. The van der Waals surface area contributed by atoms with E-state index in [9.17, 15) is 5.11 Å². The maximum Gasteiger partial charge on any atom is 0.126 e. The van der Waals surface area contributed by atoms with Gasteiger partial charge in [-0.2, -0.15) is 0 Å². The van der Waals surface area contributed by atoms with E-state index in [0.29, 0.717) is 12.0 Å². The smallest absolute Gasteiger partial charge is 0.126 e. The number of benzene rings is 2. The second kappa shape index (κ2) is 5.27. The van der Waals surface area contributed by atoms with E-state index >= 15 is 0 Å². The molecule has 0 spiro atoms. The van der Waals surface area contributed by atoms with Gasteiger partial charge in [-0.15, -0.1) is 0 Å². The lowest BCUT2D eigenvalue weighted by Crippen LogP contribution is -1.80. The Morgan fingerprint density at radius 2 is 1.50 bits per heavy atom. The first-order valence-electron chi connectivity index (χ1n) is 5.61. The van der Waals surface area contributed by atoms with Crippen molar-refractivity contribution in [1.29, 1.82) is 0 Å². The van der Waals surface area contributed by atoms with Crippen LogP contribution in [0.5, 0.6) is 17.2 Å². The molecule has 3 heteroatoms. The van der Waals surface area contributed by atoms with Crippen LogP contribution in [0.25, 0.3) is 6.08 Å². The molecule has 0 atom stereocenters. The third-order valence-corrected chi connectivity index (χ3v) is 2.60. The van der Waals surface area contributed by atoms with E-state index in [4.69, 9.17) is 10.2 Å². The molecule has 0 radical (unpaired) electrons. The molecule has 0 aliphatic heterocycles. The van der Waals surface area contributed by atoms with Gasteiger partial charge in [0.25, 0.3) is 0 Å². The largest absolute Gasteiger partial charge is 0.508 e. The van der Waals surface area contributed by atoms with E-state index in [0.717, 1.165) is 5.56 Å². The zero-order valence-corrected chi connectivity index (χ0v) is 9.74. The van der Waals surface area contributed by atoms with Crippen molar-refractivity contribution in [1.82, 2.24) is 0 Å². The van der Waals surface area contributed by atoms with Crippen LogP contribution >= 0.6 is 0 Å². The molecule has 0 unspecified atom stereocenters. The van der Waals surface area contributed by atoms with Crippen LogP contribution in [-0.2, 0) is 6.42 Å². The molecule has 0 aliphatic carbocycles. The number of rotatable bonds is 3.